The summed E-state index contributed by atoms with van der Waals surface area (Å²) in [5, 5.41) is 2.40. The van der Waals surface area contributed by atoms with Crippen molar-refractivity contribution in [3.63, 3.8) is 0 Å². The minimum atomic E-state index is -0.380. The zero-order valence-electron chi connectivity index (χ0n) is 9.43. The maximum Gasteiger partial charge on any atom is 0.202 e. The molecule has 2 rings (SSSR count). The van der Waals surface area contributed by atoms with E-state index in [1.54, 1.807) is 0 Å². The van der Waals surface area contributed by atoms with Crippen molar-refractivity contribution in [1.82, 2.24) is 4.98 Å². The summed E-state index contributed by atoms with van der Waals surface area (Å²) < 4.78 is 10.7. The third kappa shape index (κ3) is 2.31. The van der Waals surface area contributed by atoms with Gasteiger partial charge in [-0.3, -0.25) is 4.79 Å². The molecule has 0 N–H and O–H groups in total. The first-order valence-electron chi connectivity index (χ1n) is 5.45. The number of ketones is 1. The third-order valence-electron chi connectivity index (χ3n) is 2.66. The quantitative estimate of drug-likeness (QED) is 0.759. The van der Waals surface area contributed by atoms with E-state index in [-0.39, 0.29) is 18.0 Å². The first kappa shape index (κ1) is 11.7. The fourth-order valence-electron chi connectivity index (χ4n) is 1.43. The first-order chi connectivity index (χ1) is 7.72. The molecule has 0 amide bonds. The van der Waals surface area contributed by atoms with Crippen molar-refractivity contribution in [1.29, 1.82) is 0 Å². The second-order valence-corrected chi connectivity index (χ2v) is 4.68. The fourth-order valence-corrected chi connectivity index (χ4v) is 2.30. The molecule has 5 heteroatoms. The van der Waals surface area contributed by atoms with Gasteiger partial charge in [-0.2, -0.15) is 0 Å². The molecule has 0 spiro atoms. The monoisotopic (exact) mass is 241 g/mol. The van der Waals surface area contributed by atoms with E-state index < -0.39 is 0 Å². The molecule has 16 heavy (non-hydrogen) atoms. The number of Topliss-reactive ketones (excluding diaryl/α,β-unsaturated/α-hetero) is 1. The van der Waals surface area contributed by atoms with E-state index in [9.17, 15) is 4.79 Å². The molecular formula is C11H15NO3S. The van der Waals surface area contributed by atoms with Crippen molar-refractivity contribution in [2.75, 3.05) is 13.2 Å². The Labute approximate surface area is 98.6 Å². The molecule has 2 heterocycles. The lowest BCUT2D eigenvalue weighted by Crippen LogP contribution is -2.10. The van der Waals surface area contributed by atoms with Crippen LogP contribution >= 0.6 is 11.3 Å². The molecule has 1 aliphatic rings. The van der Waals surface area contributed by atoms with Crippen molar-refractivity contribution < 1.29 is 14.3 Å². The Balaban J connectivity index is 2.09. The van der Waals surface area contributed by atoms with Gasteiger partial charge in [-0.05, 0) is 6.42 Å². The molecule has 0 radical (unpaired) electrons. The van der Waals surface area contributed by atoms with Gasteiger partial charge in [0.1, 0.15) is 5.69 Å². The summed E-state index contributed by atoms with van der Waals surface area (Å²) in [6.45, 7) is 5.11. The molecule has 0 saturated carbocycles. The summed E-state index contributed by atoms with van der Waals surface area (Å²) >= 11 is 1.37. The predicted molar refractivity (Wildman–Crippen MR) is 60.5 cm³/mol. The van der Waals surface area contributed by atoms with Crippen LogP contribution in [0.5, 0.6) is 0 Å². The van der Waals surface area contributed by atoms with E-state index in [1.807, 2.05) is 19.2 Å². The Morgan fingerprint density at radius 2 is 2.31 bits per heavy atom. The van der Waals surface area contributed by atoms with E-state index in [0.29, 0.717) is 23.9 Å². The van der Waals surface area contributed by atoms with E-state index in [2.05, 4.69) is 4.98 Å². The van der Waals surface area contributed by atoms with Crippen molar-refractivity contribution in [3.8, 4) is 0 Å². The molecule has 1 aromatic heterocycles. The van der Waals surface area contributed by atoms with E-state index in [0.717, 1.165) is 6.42 Å². The minimum absolute atomic E-state index is 0.0319. The van der Waals surface area contributed by atoms with Crippen LogP contribution in [-0.4, -0.2) is 24.0 Å². The topological polar surface area (TPSA) is 48.4 Å². The van der Waals surface area contributed by atoms with Crippen LogP contribution in [0.15, 0.2) is 5.38 Å². The summed E-state index contributed by atoms with van der Waals surface area (Å²) in [6.07, 6.45) is 0.458. The SMILES string of the molecule is CCC(C)C(=O)c1nc(C2OCCO2)cs1. The van der Waals surface area contributed by atoms with Crippen LogP contribution in [0.2, 0.25) is 0 Å². The predicted octanol–water partition coefficient (Wildman–Crippen LogP) is 2.42. The molecule has 1 aliphatic heterocycles. The molecular weight excluding hydrogens is 226 g/mol. The molecule has 1 aromatic rings. The Hall–Kier alpha value is -0.780. The summed E-state index contributed by atoms with van der Waals surface area (Å²) in [6, 6.07) is 0. The Kier molecular flexibility index (Phi) is 3.68. The number of hydrogen-bond acceptors (Lipinski definition) is 5. The Morgan fingerprint density at radius 1 is 1.62 bits per heavy atom. The van der Waals surface area contributed by atoms with Gasteiger partial charge >= 0.3 is 0 Å². The second-order valence-electron chi connectivity index (χ2n) is 3.82. The fraction of sp³-hybridized carbons (Fsp3) is 0.636. The highest BCUT2D eigenvalue weighted by Crippen LogP contribution is 2.25. The number of nitrogens with zero attached hydrogens (tertiary/aromatic N) is 1. The first-order valence-corrected chi connectivity index (χ1v) is 6.33. The molecule has 0 aromatic carbocycles. The average molecular weight is 241 g/mol. The number of rotatable bonds is 4. The van der Waals surface area contributed by atoms with Crippen molar-refractivity contribution >= 4 is 17.1 Å². The van der Waals surface area contributed by atoms with E-state index in [4.69, 9.17) is 9.47 Å². The molecule has 1 atom stereocenters. The van der Waals surface area contributed by atoms with E-state index >= 15 is 0 Å². The Morgan fingerprint density at radius 3 is 2.94 bits per heavy atom. The highest BCUT2D eigenvalue weighted by Gasteiger charge is 2.24. The van der Waals surface area contributed by atoms with Gasteiger partial charge in [0.25, 0.3) is 0 Å². The zero-order valence-corrected chi connectivity index (χ0v) is 10.3. The second kappa shape index (κ2) is 5.03. The van der Waals surface area contributed by atoms with Gasteiger partial charge < -0.3 is 9.47 Å². The van der Waals surface area contributed by atoms with Gasteiger partial charge in [-0.1, -0.05) is 13.8 Å². The van der Waals surface area contributed by atoms with Crippen LogP contribution < -0.4 is 0 Å². The normalized spacial score (nSPS) is 18.9. The largest absolute Gasteiger partial charge is 0.345 e. The molecule has 1 saturated heterocycles. The van der Waals surface area contributed by atoms with Crippen molar-refractivity contribution in [3.05, 3.63) is 16.1 Å². The number of aromatic nitrogens is 1. The van der Waals surface area contributed by atoms with Gasteiger partial charge in [0.05, 0.1) is 13.2 Å². The minimum Gasteiger partial charge on any atom is -0.345 e. The summed E-state index contributed by atoms with van der Waals surface area (Å²) in [5.74, 6) is 0.140. The van der Waals surface area contributed by atoms with Crippen LogP contribution in [0.1, 0.15) is 42.1 Å². The van der Waals surface area contributed by atoms with Crippen LogP contribution in [-0.2, 0) is 9.47 Å². The van der Waals surface area contributed by atoms with Gasteiger partial charge in [0.2, 0.25) is 6.29 Å². The maximum atomic E-state index is 11.9. The molecule has 0 bridgehead atoms. The lowest BCUT2D eigenvalue weighted by Gasteiger charge is -2.05. The van der Waals surface area contributed by atoms with E-state index in [1.165, 1.54) is 11.3 Å². The molecule has 88 valence electrons. The maximum absolute atomic E-state index is 11.9. The standard InChI is InChI=1S/C11H15NO3S/c1-3-7(2)9(13)10-12-8(6-16-10)11-14-4-5-15-11/h6-7,11H,3-5H2,1-2H3. The summed E-state index contributed by atoms with van der Waals surface area (Å²) in [5.41, 5.74) is 0.717. The highest BCUT2D eigenvalue weighted by molar-refractivity contribution is 7.11. The molecule has 0 aliphatic carbocycles. The van der Waals surface area contributed by atoms with Crippen LogP contribution in [0, 0.1) is 5.92 Å². The molecule has 4 nitrogen and oxygen atoms in total. The van der Waals surface area contributed by atoms with Gasteiger partial charge in [-0.15, -0.1) is 11.3 Å². The van der Waals surface area contributed by atoms with Crippen LogP contribution in [0.3, 0.4) is 0 Å². The number of carbonyl (C=O) groups excluding carboxylic acids is 1. The zero-order chi connectivity index (χ0) is 11.5. The van der Waals surface area contributed by atoms with Crippen molar-refractivity contribution in [2.24, 2.45) is 5.92 Å². The summed E-state index contributed by atoms with van der Waals surface area (Å²) in [4.78, 5) is 16.2. The van der Waals surface area contributed by atoms with Gasteiger partial charge in [0.15, 0.2) is 10.8 Å². The lowest BCUT2D eigenvalue weighted by atomic mass is 10.0. The third-order valence-corrected chi connectivity index (χ3v) is 3.53. The molecule has 1 fully saturated rings. The van der Waals surface area contributed by atoms with Crippen LogP contribution in [0.25, 0.3) is 0 Å². The Bertz CT molecular complexity index is 371. The number of thiazole rings is 1. The summed E-state index contributed by atoms with van der Waals surface area (Å²) in [7, 11) is 0. The highest BCUT2D eigenvalue weighted by atomic mass is 32.1. The number of ether oxygens (including phenoxy) is 2. The number of carbonyl (C=O) groups is 1. The van der Waals surface area contributed by atoms with Crippen LogP contribution in [0.4, 0.5) is 0 Å². The number of hydrogen-bond donors (Lipinski definition) is 0. The van der Waals surface area contributed by atoms with Gasteiger partial charge in [-0.25, -0.2) is 4.98 Å². The lowest BCUT2D eigenvalue weighted by molar-refractivity contribution is -0.0469. The van der Waals surface area contributed by atoms with Gasteiger partial charge in [0, 0.05) is 11.3 Å². The average Bonchev–Trinajstić information content (AvgIpc) is 2.96. The van der Waals surface area contributed by atoms with Crippen molar-refractivity contribution in [2.45, 2.75) is 26.6 Å². The smallest absolute Gasteiger partial charge is 0.202 e. The molecule has 1 unspecified atom stereocenters.